The van der Waals surface area contributed by atoms with Gasteiger partial charge in [0.1, 0.15) is 5.75 Å². The molecule has 1 aromatic heterocycles. The summed E-state index contributed by atoms with van der Waals surface area (Å²) in [6.07, 6.45) is 8.93. The Hall–Kier alpha value is -2.22. The van der Waals surface area contributed by atoms with Gasteiger partial charge in [-0.1, -0.05) is 68.3 Å². The highest BCUT2D eigenvalue weighted by Gasteiger charge is 2.25. The van der Waals surface area contributed by atoms with Crippen molar-refractivity contribution >= 4 is 15.8 Å². The number of nitrogens with zero attached hydrogens (tertiary/aromatic N) is 2. The quantitative estimate of drug-likeness (QED) is 0.608. The molecule has 0 saturated heterocycles. The molecule has 0 aliphatic heterocycles. The van der Waals surface area contributed by atoms with E-state index in [0.717, 1.165) is 18.8 Å². The highest BCUT2D eigenvalue weighted by molar-refractivity contribution is 7.90. The van der Waals surface area contributed by atoms with Crippen LogP contribution in [0.4, 0.5) is 0 Å². The van der Waals surface area contributed by atoms with Crippen LogP contribution < -0.4 is 0 Å². The van der Waals surface area contributed by atoms with E-state index < -0.39 is 21.7 Å². The summed E-state index contributed by atoms with van der Waals surface area (Å²) < 4.78 is 30.2. The molecular formula is C21H28N2O5S. The van der Waals surface area contributed by atoms with Gasteiger partial charge in [0.15, 0.2) is 15.7 Å². The Morgan fingerprint density at radius 2 is 1.90 bits per heavy atom. The van der Waals surface area contributed by atoms with Crippen molar-refractivity contribution in [3.63, 3.8) is 0 Å². The largest absolute Gasteiger partial charge is 0.481 e. The molecule has 29 heavy (non-hydrogen) atoms. The van der Waals surface area contributed by atoms with Crippen LogP contribution in [0.5, 0.6) is 0 Å². The van der Waals surface area contributed by atoms with Crippen molar-refractivity contribution in [2.45, 2.75) is 74.4 Å². The fourth-order valence-electron chi connectivity index (χ4n) is 4.03. The number of hydrogen-bond acceptors (Lipinski definition) is 6. The molecule has 0 spiro atoms. The van der Waals surface area contributed by atoms with Crippen molar-refractivity contribution in [3.8, 4) is 0 Å². The van der Waals surface area contributed by atoms with E-state index in [0.29, 0.717) is 6.42 Å². The van der Waals surface area contributed by atoms with Crippen molar-refractivity contribution < 1.29 is 22.8 Å². The van der Waals surface area contributed by atoms with Crippen molar-refractivity contribution in [1.82, 2.24) is 10.1 Å². The fourth-order valence-corrected chi connectivity index (χ4v) is 5.22. The second-order valence-electron chi connectivity index (χ2n) is 7.85. The van der Waals surface area contributed by atoms with E-state index in [4.69, 9.17) is 4.52 Å². The minimum atomic E-state index is -3.58. The molecule has 0 bridgehead atoms. The lowest BCUT2D eigenvalue weighted by Crippen LogP contribution is -2.10. The average Bonchev–Trinajstić information content (AvgIpc) is 3.16. The van der Waals surface area contributed by atoms with E-state index in [1.54, 1.807) is 18.2 Å². The van der Waals surface area contributed by atoms with Crippen molar-refractivity contribution in [2.24, 2.45) is 5.92 Å². The van der Waals surface area contributed by atoms with Crippen LogP contribution in [-0.2, 0) is 20.4 Å². The van der Waals surface area contributed by atoms with Crippen LogP contribution >= 0.6 is 0 Å². The van der Waals surface area contributed by atoms with E-state index in [2.05, 4.69) is 10.1 Å². The van der Waals surface area contributed by atoms with Gasteiger partial charge in [0.2, 0.25) is 5.89 Å². The molecule has 1 atom stereocenters. The minimum Gasteiger partial charge on any atom is -0.481 e. The lowest BCUT2D eigenvalue weighted by atomic mass is 9.84. The monoisotopic (exact) mass is 420 g/mol. The zero-order chi connectivity index (χ0) is 20.7. The van der Waals surface area contributed by atoms with Gasteiger partial charge in [-0.15, -0.1) is 0 Å². The summed E-state index contributed by atoms with van der Waals surface area (Å²) in [5.41, 5.74) is 0. The minimum absolute atomic E-state index is 0.0616. The summed E-state index contributed by atoms with van der Waals surface area (Å²) in [5, 5.41) is 13.0. The van der Waals surface area contributed by atoms with E-state index in [1.807, 2.05) is 0 Å². The van der Waals surface area contributed by atoms with Gasteiger partial charge in [-0.2, -0.15) is 4.98 Å². The molecule has 0 radical (unpaired) electrons. The van der Waals surface area contributed by atoms with Crippen LogP contribution in [0.1, 0.15) is 75.4 Å². The number of hydrogen-bond donors (Lipinski definition) is 1. The van der Waals surface area contributed by atoms with Gasteiger partial charge in [-0.05, 0) is 24.5 Å². The molecule has 1 aromatic carbocycles. The lowest BCUT2D eigenvalue weighted by Gasteiger charge is -2.21. The molecule has 0 amide bonds. The van der Waals surface area contributed by atoms with Gasteiger partial charge >= 0.3 is 5.97 Å². The summed E-state index contributed by atoms with van der Waals surface area (Å²) in [6, 6.07) is 8.10. The first-order chi connectivity index (χ1) is 13.9. The zero-order valence-corrected chi connectivity index (χ0v) is 17.3. The molecule has 8 heteroatoms. The number of sulfone groups is 1. The Morgan fingerprint density at radius 1 is 1.17 bits per heavy atom. The van der Waals surface area contributed by atoms with E-state index in [-0.39, 0.29) is 28.8 Å². The molecule has 1 aliphatic rings. The average molecular weight is 421 g/mol. The molecule has 1 aliphatic carbocycles. The molecule has 3 rings (SSSR count). The molecule has 1 unspecified atom stereocenters. The molecule has 2 aromatic rings. The lowest BCUT2D eigenvalue weighted by molar-refractivity contribution is -0.137. The van der Waals surface area contributed by atoms with Gasteiger partial charge in [-0.25, -0.2) is 8.42 Å². The Kier molecular flexibility index (Phi) is 7.41. The first kappa shape index (κ1) is 21.5. The molecule has 1 saturated carbocycles. The van der Waals surface area contributed by atoms with Crippen LogP contribution in [0.2, 0.25) is 0 Å². The Balaban J connectivity index is 1.63. The maximum Gasteiger partial charge on any atom is 0.304 e. The summed E-state index contributed by atoms with van der Waals surface area (Å²) >= 11 is 0. The standard InChI is InChI=1S/C21H28N2O5S/c24-20(25)14-17(11-7-10-16-8-3-1-4-9-16)21-22-19(23-28-21)15-29(26,27)18-12-5-2-6-13-18/h2,5-6,12-13,16-17H,1,3-4,7-11,14-15H2,(H,24,25). The summed E-state index contributed by atoms with van der Waals surface area (Å²) in [7, 11) is -3.58. The number of rotatable bonds is 10. The second kappa shape index (κ2) is 10.0. The van der Waals surface area contributed by atoms with Crippen molar-refractivity contribution in [2.75, 3.05) is 0 Å². The predicted molar refractivity (Wildman–Crippen MR) is 107 cm³/mol. The predicted octanol–water partition coefficient (Wildman–Crippen LogP) is 4.35. The van der Waals surface area contributed by atoms with Crippen LogP contribution in [-0.4, -0.2) is 29.6 Å². The van der Waals surface area contributed by atoms with E-state index >= 15 is 0 Å². The molecule has 158 valence electrons. The summed E-state index contributed by atoms with van der Waals surface area (Å²) in [6.45, 7) is 0. The van der Waals surface area contributed by atoms with Crippen molar-refractivity contribution in [1.29, 1.82) is 0 Å². The number of carboxylic acids is 1. The van der Waals surface area contributed by atoms with Gasteiger partial charge in [0.25, 0.3) is 0 Å². The van der Waals surface area contributed by atoms with Crippen LogP contribution in [0.15, 0.2) is 39.8 Å². The third-order valence-electron chi connectivity index (χ3n) is 5.57. The maximum atomic E-state index is 12.5. The molecule has 7 nitrogen and oxygen atoms in total. The Labute approximate surface area is 171 Å². The van der Waals surface area contributed by atoms with Gasteiger partial charge < -0.3 is 9.63 Å². The van der Waals surface area contributed by atoms with Crippen LogP contribution in [0.25, 0.3) is 0 Å². The number of aromatic nitrogens is 2. The topological polar surface area (TPSA) is 110 Å². The van der Waals surface area contributed by atoms with Crippen LogP contribution in [0, 0.1) is 5.92 Å². The Bertz CT molecular complexity index is 889. The molecule has 1 heterocycles. The highest BCUT2D eigenvalue weighted by atomic mass is 32.2. The van der Waals surface area contributed by atoms with Gasteiger partial charge in [0, 0.05) is 5.92 Å². The first-order valence-corrected chi connectivity index (χ1v) is 11.9. The van der Waals surface area contributed by atoms with Crippen LogP contribution in [0.3, 0.4) is 0 Å². The third-order valence-corrected chi connectivity index (χ3v) is 7.19. The SMILES string of the molecule is O=C(O)CC(CCCC1CCCCC1)c1nc(CS(=O)(=O)c2ccccc2)no1. The number of carbonyl (C=O) groups is 1. The first-order valence-electron chi connectivity index (χ1n) is 10.3. The van der Waals surface area contributed by atoms with Gasteiger partial charge in [0.05, 0.1) is 11.3 Å². The van der Waals surface area contributed by atoms with E-state index in [1.165, 1.54) is 44.2 Å². The summed E-state index contributed by atoms with van der Waals surface area (Å²) in [5.74, 6) is -0.687. The van der Waals surface area contributed by atoms with Crippen molar-refractivity contribution in [3.05, 3.63) is 42.0 Å². The molecule has 1 fully saturated rings. The normalized spacial score (nSPS) is 16.6. The highest BCUT2D eigenvalue weighted by Crippen LogP contribution is 2.31. The number of benzene rings is 1. The second-order valence-corrected chi connectivity index (χ2v) is 9.84. The van der Waals surface area contributed by atoms with Gasteiger partial charge in [-0.3, -0.25) is 4.79 Å². The van der Waals surface area contributed by atoms with E-state index in [9.17, 15) is 18.3 Å². The maximum absolute atomic E-state index is 12.5. The summed E-state index contributed by atoms with van der Waals surface area (Å²) in [4.78, 5) is 15.7. The Morgan fingerprint density at radius 3 is 2.59 bits per heavy atom. The fraction of sp³-hybridized carbons (Fsp3) is 0.571. The molecular weight excluding hydrogens is 392 g/mol. The smallest absolute Gasteiger partial charge is 0.304 e. The third kappa shape index (κ3) is 6.39. The number of carboxylic acid groups (broad SMARTS) is 1. The molecule has 1 N–H and O–H groups in total. The number of aliphatic carboxylic acids is 1. The zero-order valence-electron chi connectivity index (χ0n) is 16.5.